The summed E-state index contributed by atoms with van der Waals surface area (Å²) >= 11 is 0. The van der Waals surface area contributed by atoms with Crippen molar-refractivity contribution < 1.29 is 19.4 Å². The van der Waals surface area contributed by atoms with Crippen molar-refractivity contribution in [2.75, 3.05) is 26.2 Å². The molecule has 0 radical (unpaired) electrons. The van der Waals surface area contributed by atoms with Crippen molar-refractivity contribution in [3.05, 3.63) is 92.0 Å². The lowest BCUT2D eigenvalue weighted by molar-refractivity contribution is -0.385. The lowest BCUT2D eigenvalue weighted by Crippen LogP contribution is -2.36. The third-order valence-corrected chi connectivity index (χ3v) is 5.16. The van der Waals surface area contributed by atoms with E-state index in [-0.39, 0.29) is 23.2 Å². The van der Waals surface area contributed by atoms with Gasteiger partial charge in [-0.2, -0.15) is 0 Å². The largest absolute Gasteiger partial charge is 0.337 e. The first-order chi connectivity index (χ1) is 15.8. The van der Waals surface area contributed by atoms with Crippen LogP contribution in [0.1, 0.15) is 17.5 Å². The molecule has 33 heavy (non-hydrogen) atoms. The van der Waals surface area contributed by atoms with Gasteiger partial charge in [-0.05, 0) is 54.0 Å². The van der Waals surface area contributed by atoms with E-state index >= 15 is 0 Å². The monoisotopic (exact) mass is 450 g/mol. The third-order valence-electron chi connectivity index (χ3n) is 5.16. The quantitative estimate of drug-likeness (QED) is 0.377. The van der Waals surface area contributed by atoms with Crippen molar-refractivity contribution >= 4 is 35.3 Å². The molecule has 170 valence electrons. The summed E-state index contributed by atoms with van der Waals surface area (Å²) < 4.78 is 0. The van der Waals surface area contributed by atoms with Gasteiger partial charge in [0, 0.05) is 62.6 Å². The van der Waals surface area contributed by atoms with Crippen molar-refractivity contribution in [3.63, 3.8) is 0 Å². The number of rotatable bonds is 6. The van der Waals surface area contributed by atoms with E-state index in [9.17, 15) is 29.8 Å². The Balaban J connectivity index is 1.53. The maximum atomic E-state index is 12.5. The fourth-order valence-corrected chi connectivity index (χ4v) is 3.32. The van der Waals surface area contributed by atoms with Crippen LogP contribution in [0.25, 0.3) is 12.2 Å². The molecular weight excluding hydrogens is 428 g/mol. The molecule has 10 nitrogen and oxygen atoms in total. The second-order valence-electron chi connectivity index (χ2n) is 7.37. The second kappa shape index (κ2) is 10.8. The van der Waals surface area contributed by atoms with E-state index in [0.717, 1.165) is 0 Å². The molecule has 0 N–H and O–H groups in total. The normalized spacial score (nSPS) is 14.4. The Morgan fingerprint density at radius 2 is 1.03 bits per heavy atom. The number of nitro benzene ring substituents is 2. The highest BCUT2D eigenvalue weighted by atomic mass is 16.6. The molecule has 1 fully saturated rings. The SMILES string of the molecule is O=C(C=Cc1ccc([N+](=O)[O-])cc1)N1CCCN(C(=O)C=Cc2ccc([N+](=O)[O-])cc2)CC1. The van der Waals surface area contributed by atoms with Crippen LogP contribution in [-0.4, -0.2) is 57.6 Å². The highest BCUT2D eigenvalue weighted by Crippen LogP contribution is 2.15. The molecule has 0 aliphatic carbocycles. The van der Waals surface area contributed by atoms with Gasteiger partial charge in [-0.3, -0.25) is 29.8 Å². The van der Waals surface area contributed by atoms with Gasteiger partial charge in [0.1, 0.15) is 0 Å². The van der Waals surface area contributed by atoms with E-state index < -0.39 is 9.85 Å². The number of nitro groups is 2. The van der Waals surface area contributed by atoms with Gasteiger partial charge in [0.2, 0.25) is 11.8 Å². The molecule has 0 spiro atoms. The molecule has 1 aliphatic heterocycles. The minimum absolute atomic E-state index is 0.0154. The molecule has 2 aromatic carbocycles. The molecule has 0 atom stereocenters. The molecule has 0 bridgehead atoms. The summed E-state index contributed by atoms with van der Waals surface area (Å²) in [6.07, 6.45) is 6.69. The zero-order valence-electron chi connectivity index (χ0n) is 17.7. The van der Waals surface area contributed by atoms with Crippen molar-refractivity contribution in [3.8, 4) is 0 Å². The average molecular weight is 450 g/mol. The van der Waals surface area contributed by atoms with E-state index in [1.54, 1.807) is 46.2 Å². The molecular formula is C23H22N4O6. The van der Waals surface area contributed by atoms with Crippen molar-refractivity contribution in [2.24, 2.45) is 0 Å². The van der Waals surface area contributed by atoms with Crippen molar-refractivity contribution in [1.82, 2.24) is 9.80 Å². The zero-order chi connectivity index (χ0) is 23.8. The summed E-state index contributed by atoms with van der Waals surface area (Å²) in [5.41, 5.74) is 1.32. The minimum Gasteiger partial charge on any atom is -0.337 e. The van der Waals surface area contributed by atoms with Crippen LogP contribution in [0.3, 0.4) is 0 Å². The average Bonchev–Trinajstić information content (AvgIpc) is 3.08. The molecule has 1 heterocycles. The molecule has 2 aromatic rings. The van der Waals surface area contributed by atoms with Crippen LogP contribution in [0, 0.1) is 20.2 Å². The first-order valence-electron chi connectivity index (χ1n) is 10.3. The topological polar surface area (TPSA) is 127 Å². The molecule has 1 saturated heterocycles. The number of nitrogens with zero attached hydrogens (tertiary/aromatic N) is 4. The van der Waals surface area contributed by atoms with Crippen LogP contribution in [0.2, 0.25) is 0 Å². The fraction of sp³-hybridized carbons (Fsp3) is 0.217. The van der Waals surface area contributed by atoms with Crippen molar-refractivity contribution in [1.29, 1.82) is 0 Å². The molecule has 0 aromatic heterocycles. The van der Waals surface area contributed by atoms with Gasteiger partial charge in [0.05, 0.1) is 9.85 Å². The maximum absolute atomic E-state index is 12.5. The van der Waals surface area contributed by atoms with E-state index in [2.05, 4.69) is 0 Å². The maximum Gasteiger partial charge on any atom is 0.269 e. The Kier molecular flexibility index (Phi) is 7.64. The van der Waals surface area contributed by atoms with Crippen LogP contribution in [0.5, 0.6) is 0 Å². The number of non-ortho nitro benzene ring substituents is 2. The summed E-state index contributed by atoms with van der Waals surface area (Å²) in [6.45, 7) is 1.81. The Labute approximate surface area is 189 Å². The lowest BCUT2D eigenvalue weighted by Gasteiger charge is -2.20. The van der Waals surface area contributed by atoms with Gasteiger partial charge in [-0.15, -0.1) is 0 Å². The standard InChI is InChI=1S/C23H22N4O6/c28-22(12-6-18-2-8-20(9-3-18)26(30)31)24-14-1-15-25(17-16-24)23(29)13-7-19-4-10-21(11-5-19)27(32)33/h2-13H,1,14-17H2. The molecule has 0 saturated carbocycles. The zero-order valence-corrected chi connectivity index (χ0v) is 17.7. The third kappa shape index (κ3) is 6.57. The van der Waals surface area contributed by atoms with Crippen LogP contribution in [-0.2, 0) is 9.59 Å². The van der Waals surface area contributed by atoms with Crippen molar-refractivity contribution in [2.45, 2.75) is 6.42 Å². The predicted octanol–water partition coefficient (Wildman–Crippen LogP) is 3.29. The fourth-order valence-electron chi connectivity index (χ4n) is 3.32. The van der Waals surface area contributed by atoms with Gasteiger partial charge in [0.15, 0.2) is 0 Å². The number of carbonyl (C=O) groups excluding carboxylic acids is 2. The van der Waals surface area contributed by atoms with Gasteiger partial charge >= 0.3 is 0 Å². The molecule has 3 rings (SSSR count). The Bertz CT molecular complexity index is 1010. The molecule has 2 amide bonds. The van der Waals surface area contributed by atoms with Crippen LogP contribution < -0.4 is 0 Å². The first kappa shape index (κ1) is 23.3. The smallest absolute Gasteiger partial charge is 0.269 e. The van der Waals surface area contributed by atoms with E-state index in [4.69, 9.17) is 0 Å². The van der Waals surface area contributed by atoms with Gasteiger partial charge in [-0.1, -0.05) is 0 Å². The number of hydrogen-bond donors (Lipinski definition) is 0. The number of benzene rings is 2. The van der Waals surface area contributed by atoms with Crippen LogP contribution in [0.15, 0.2) is 60.7 Å². The summed E-state index contributed by atoms with van der Waals surface area (Å²) in [4.78, 5) is 48.8. The van der Waals surface area contributed by atoms with E-state index in [1.165, 1.54) is 36.4 Å². The predicted molar refractivity (Wildman–Crippen MR) is 122 cm³/mol. The van der Waals surface area contributed by atoms with Gasteiger partial charge in [-0.25, -0.2) is 0 Å². The second-order valence-corrected chi connectivity index (χ2v) is 7.37. The molecule has 1 aliphatic rings. The Hall–Kier alpha value is -4.34. The summed E-state index contributed by atoms with van der Waals surface area (Å²) in [5.74, 6) is -0.381. The summed E-state index contributed by atoms with van der Waals surface area (Å²) in [6, 6.07) is 11.8. The first-order valence-corrected chi connectivity index (χ1v) is 10.3. The lowest BCUT2D eigenvalue weighted by atomic mass is 10.2. The number of carbonyl (C=O) groups is 2. The van der Waals surface area contributed by atoms with Gasteiger partial charge in [0.25, 0.3) is 11.4 Å². The Morgan fingerprint density at radius 3 is 1.36 bits per heavy atom. The van der Waals surface area contributed by atoms with Crippen LogP contribution in [0.4, 0.5) is 11.4 Å². The van der Waals surface area contributed by atoms with Gasteiger partial charge < -0.3 is 9.80 Å². The highest BCUT2D eigenvalue weighted by molar-refractivity contribution is 5.93. The number of amides is 2. The summed E-state index contributed by atoms with van der Waals surface area (Å²) in [7, 11) is 0. The highest BCUT2D eigenvalue weighted by Gasteiger charge is 2.19. The van der Waals surface area contributed by atoms with E-state index in [1.807, 2.05) is 0 Å². The minimum atomic E-state index is -0.482. The molecule has 0 unspecified atom stereocenters. The van der Waals surface area contributed by atoms with E-state index in [0.29, 0.717) is 43.7 Å². The Morgan fingerprint density at radius 1 is 0.667 bits per heavy atom. The number of hydrogen-bond acceptors (Lipinski definition) is 6. The summed E-state index contributed by atoms with van der Waals surface area (Å²) in [5, 5.41) is 21.4. The van der Waals surface area contributed by atoms with Crippen LogP contribution >= 0.6 is 0 Å². The molecule has 10 heteroatoms.